The number of aryl methyl sites for hydroxylation is 2. The van der Waals surface area contributed by atoms with E-state index in [9.17, 15) is 8.78 Å². The highest BCUT2D eigenvalue weighted by Gasteiger charge is 2.12. The van der Waals surface area contributed by atoms with Crippen molar-refractivity contribution >= 4 is 27.4 Å². The number of pyridine rings is 1. The second-order valence-electron chi connectivity index (χ2n) is 4.90. The monoisotopic (exact) mass is 336 g/mol. The molecule has 0 aromatic carbocycles. The van der Waals surface area contributed by atoms with Crippen molar-refractivity contribution < 1.29 is 13.5 Å². The Morgan fingerprint density at radius 2 is 2.04 bits per heavy atom. The predicted octanol–water partition coefficient (Wildman–Crippen LogP) is 3.92. The zero-order chi connectivity index (χ0) is 16.4. The van der Waals surface area contributed by atoms with Gasteiger partial charge in [-0.15, -0.1) is 11.3 Å². The number of rotatable bonds is 5. The molecule has 3 rings (SSSR count). The third-order valence-electron chi connectivity index (χ3n) is 3.43. The molecule has 0 unspecified atom stereocenters. The van der Waals surface area contributed by atoms with E-state index in [1.165, 1.54) is 23.5 Å². The first-order chi connectivity index (χ1) is 11.0. The smallest absolute Gasteiger partial charge is 0.387 e. The highest BCUT2D eigenvalue weighted by molar-refractivity contribution is 7.18. The van der Waals surface area contributed by atoms with E-state index in [0.29, 0.717) is 12.2 Å². The molecule has 0 bridgehead atoms. The quantitative estimate of drug-likeness (QED) is 0.765. The maximum absolute atomic E-state index is 12.1. The van der Waals surface area contributed by atoms with Gasteiger partial charge < -0.3 is 10.1 Å². The van der Waals surface area contributed by atoms with Gasteiger partial charge in [-0.2, -0.15) is 8.78 Å². The van der Waals surface area contributed by atoms with Crippen LogP contribution in [0.1, 0.15) is 16.1 Å². The van der Waals surface area contributed by atoms with E-state index >= 15 is 0 Å². The summed E-state index contributed by atoms with van der Waals surface area (Å²) in [5.74, 6) is 0.782. The van der Waals surface area contributed by atoms with Gasteiger partial charge >= 0.3 is 6.61 Å². The molecule has 0 aliphatic heterocycles. The Labute approximate surface area is 135 Å². The fraction of sp³-hybridized carbons (Fsp3) is 0.267. The minimum Gasteiger partial charge on any atom is -0.433 e. The van der Waals surface area contributed by atoms with Crippen molar-refractivity contribution in [3.05, 3.63) is 40.8 Å². The largest absolute Gasteiger partial charge is 0.433 e. The van der Waals surface area contributed by atoms with Gasteiger partial charge in [-0.1, -0.05) is 0 Å². The molecule has 0 atom stereocenters. The van der Waals surface area contributed by atoms with E-state index in [1.54, 1.807) is 17.4 Å². The second kappa shape index (κ2) is 6.41. The number of aromatic nitrogens is 3. The number of fused-ring (bicyclic) bond motifs is 1. The molecule has 5 nitrogen and oxygen atoms in total. The third-order valence-corrected chi connectivity index (χ3v) is 4.54. The zero-order valence-electron chi connectivity index (χ0n) is 12.5. The molecule has 0 amide bonds. The molecule has 3 aromatic heterocycles. The number of halogens is 2. The van der Waals surface area contributed by atoms with Gasteiger partial charge in [0, 0.05) is 4.88 Å². The summed E-state index contributed by atoms with van der Waals surface area (Å²) in [4.78, 5) is 14.8. The highest BCUT2D eigenvalue weighted by atomic mass is 32.1. The van der Waals surface area contributed by atoms with Crippen LogP contribution < -0.4 is 10.1 Å². The average molecular weight is 336 g/mol. The standard InChI is InChI=1S/C15H14F2N4OS/c1-8-9(2)23-14-12(8)13(20-7-21-14)19-5-10-3-4-11(6-18-10)22-15(16)17/h3-4,6-7,15H,5H2,1-2H3,(H,19,20,21). The minimum absolute atomic E-state index is 0.0393. The lowest BCUT2D eigenvalue weighted by Crippen LogP contribution is -2.05. The summed E-state index contributed by atoms with van der Waals surface area (Å²) >= 11 is 1.63. The molecule has 0 saturated heterocycles. The topological polar surface area (TPSA) is 59.9 Å². The zero-order valence-corrected chi connectivity index (χ0v) is 13.3. The lowest BCUT2D eigenvalue weighted by Gasteiger charge is -2.08. The fourth-order valence-electron chi connectivity index (χ4n) is 2.18. The molecule has 120 valence electrons. The summed E-state index contributed by atoms with van der Waals surface area (Å²) in [5.41, 5.74) is 1.85. The van der Waals surface area contributed by atoms with Crippen LogP contribution in [-0.4, -0.2) is 21.6 Å². The van der Waals surface area contributed by atoms with Crippen LogP contribution in [0.4, 0.5) is 14.6 Å². The van der Waals surface area contributed by atoms with Crippen LogP contribution in [0, 0.1) is 13.8 Å². The summed E-state index contributed by atoms with van der Waals surface area (Å²) in [7, 11) is 0. The normalized spacial score (nSPS) is 11.2. The Morgan fingerprint density at radius 3 is 2.74 bits per heavy atom. The van der Waals surface area contributed by atoms with Crippen LogP contribution in [0.3, 0.4) is 0 Å². The summed E-state index contributed by atoms with van der Waals surface area (Å²) in [6, 6.07) is 3.10. The average Bonchev–Trinajstić information content (AvgIpc) is 2.81. The SMILES string of the molecule is Cc1sc2ncnc(NCc3ccc(OC(F)F)cn3)c2c1C. The molecule has 23 heavy (non-hydrogen) atoms. The van der Waals surface area contributed by atoms with Gasteiger partial charge in [-0.3, -0.25) is 4.98 Å². The number of thiophene rings is 1. The maximum atomic E-state index is 12.1. The second-order valence-corrected chi connectivity index (χ2v) is 6.11. The number of ether oxygens (including phenoxy) is 1. The summed E-state index contributed by atoms with van der Waals surface area (Å²) in [6.07, 6.45) is 2.80. The molecule has 3 aromatic rings. The van der Waals surface area contributed by atoms with Crippen molar-refractivity contribution in [2.24, 2.45) is 0 Å². The molecule has 0 spiro atoms. The van der Waals surface area contributed by atoms with Crippen molar-refractivity contribution in [2.75, 3.05) is 5.32 Å². The Hall–Kier alpha value is -2.35. The minimum atomic E-state index is -2.85. The molecule has 0 fully saturated rings. The first-order valence-electron chi connectivity index (χ1n) is 6.89. The van der Waals surface area contributed by atoms with Crippen molar-refractivity contribution in [1.82, 2.24) is 15.0 Å². The van der Waals surface area contributed by atoms with E-state index < -0.39 is 6.61 Å². The van der Waals surface area contributed by atoms with Crippen LogP contribution in [0.15, 0.2) is 24.7 Å². The number of hydrogen-bond donors (Lipinski definition) is 1. The third kappa shape index (κ3) is 3.37. The molecular weight excluding hydrogens is 322 g/mol. The maximum Gasteiger partial charge on any atom is 0.387 e. The summed E-state index contributed by atoms with van der Waals surface area (Å²) in [6.45, 7) is 1.67. The lowest BCUT2D eigenvalue weighted by atomic mass is 10.2. The van der Waals surface area contributed by atoms with Gasteiger partial charge in [0.15, 0.2) is 0 Å². The van der Waals surface area contributed by atoms with E-state index in [-0.39, 0.29) is 5.75 Å². The van der Waals surface area contributed by atoms with Crippen molar-refractivity contribution in [3.63, 3.8) is 0 Å². The molecule has 0 saturated carbocycles. The van der Waals surface area contributed by atoms with Crippen molar-refractivity contribution in [1.29, 1.82) is 0 Å². The summed E-state index contributed by atoms with van der Waals surface area (Å²) in [5, 5.41) is 4.23. The van der Waals surface area contributed by atoms with Gasteiger partial charge in [0.25, 0.3) is 0 Å². The van der Waals surface area contributed by atoms with E-state index in [2.05, 4.69) is 31.9 Å². The predicted molar refractivity (Wildman–Crippen MR) is 85.1 cm³/mol. The van der Waals surface area contributed by atoms with E-state index in [1.807, 2.05) is 6.92 Å². The fourth-order valence-corrected chi connectivity index (χ4v) is 3.18. The molecule has 0 radical (unpaired) electrons. The first kappa shape index (κ1) is 15.5. The van der Waals surface area contributed by atoms with Crippen molar-refractivity contribution in [2.45, 2.75) is 27.0 Å². The van der Waals surface area contributed by atoms with E-state index in [4.69, 9.17) is 0 Å². The lowest BCUT2D eigenvalue weighted by molar-refractivity contribution is -0.0500. The van der Waals surface area contributed by atoms with Gasteiger partial charge in [-0.05, 0) is 31.5 Å². The molecular formula is C15H14F2N4OS. The molecule has 3 heterocycles. The van der Waals surface area contributed by atoms with Crippen molar-refractivity contribution in [3.8, 4) is 5.75 Å². The Bertz CT molecular complexity index is 820. The van der Waals surface area contributed by atoms with Crippen LogP contribution in [-0.2, 0) is 6.54 Å². The van der Waals surface area contributed by atoms with Gasteiger partial charge in [0.05, 0.1) is 23.8 Å². The number of anilines is 1. The molecule has 8 heteroatoms. The molecule has 1 N–H and O–H groups in total. The molecule has 0 aliphatic rings. The Kier molecular flexibility index (Phi) is 4.33. The van der Waals surface area contributed by atoms with Crippen LogP contribution >= 0.6 is 11.3 Å². The number of alkyl halides is 2. The Morgan fingerprint density at radius 1 is 1.22 bits per heavy atom. The highest BCUT2D eigenvalue weighted by Crippen LogP contribution is 2.32. The van der Waals surface area contributed by atoms with Gasteiger partial charge in [-0.25, -0.2) is 9.97 Å². The number of nitrogens with zero attached hydrogens (tertiary/aromatic N) is 3. The van der Waals surface area contributed by atoms with Gasteiger partial charge in [0.2, 0.25) is 0 Å². The first-order valence-corrected chi connectivity index (χ1v) is 7.70. The van der Waals surface area contributed by atoms with E-state index in [0.717, 1.165) is 21.6 Å². The van der Waals surface area contributed by atoms with Crippen LogP contribution in [0.2, 0.25) is 0 Å². The number of nitrogens with one attached hydrogen (secondary N) is 1. The molecule has 0 aliphatic carbocycles. The summed E-state index contributed by atoms with van der Waals surface area (Å²) < 4.78 is 28.5. The van der Waals surface area contributed by atoms with Gasteiger partial charge in [0.1, 0.15) is 22.7 Å². The number of hydrogen-bond acceptors (Lipinski definition) is 6. The Balaban J connectivity index is 1.76. The van der Waals surface area contributed by atoms with Crippen LogP contribution in [0.5, 0.6) is 5.75 Å². The van der Waals surface area contributed by atoms with Crippen LogP contribution in [0.25, 0.3) is 10.2 Å².